The highest BCUT2D eigenvalue weighted by Crippen LogP contribution is 2.22. The highest BCUT2D eigenvalue weighted by atomic mass is 16.4. The average molecular weight is 338 g/mol. The summed E-state index contributed by atoms with van der Waals surface area (Å²) >= 11 is 0. The van der Waals surface area contributed by atoms with Gasteiger partial charge in [-0.1, -0.05) is 30.3 Å². The van der Waals surface area contributed by atoms with Crippen LogP contribution in [0.3, 0.4) is 0 Å². The van der Waals surface area contributed by atoms with Crippen molar-refractivity contribution in [1.82, 2.24) is 4.90 Å². The number of carbonyl (C=O) groups is 2. The van der Waals surface area contributed by atoms with Gasteiger partial charge in [-0.3, -0.25) is 0 Å². The van der Waals surface area contributed by atoms with Gasteiger partial charge in [0.15, 0.2) is 0 Å². The number of nitrogens with zero attached hydrogens (tertiary/aromatic N) is 1. The van der Waals surface area contributed by atoms with Crippen LogP contribution in [0.2, 0.25) is 0 Å². The molecule has 0 unspecified atom stereocenters. The van der Waals surface area contributed by atoms with Gasteiger partial charge in [0.2, 0.25) is 0 Å². The summed E-state index contributed by atoms with van der Waals surface area (Å²) in [4.78, 5) is 25.2. The molecular weight excluding hydrogens is 316 g/mol. The zero-order chi connectivity index (χ0) is 17.6. The lowest BCUT2D eigenvalue weighted by Gasteiger charge is -2.33. The summed E-state index contributed by atoms with van der Waals surface area (Å²) < 4.78 is 0. The van der Waals surface area contributed by atoms with Crippen molar-refractivity contribution >= 4 is 17.7 Å². The summed E-state index contributed by atoms with van der Waals surface area (Å²) in [7, 11) is 0. The van der Waals surface area contributed by atoms with E-state index in [1.165, 1.54) is 0 Å². The van der Waals surface area contributed by atoms with Gasteiger partial charge in [0.1, 0.15) is 0 Å². The fraction of sp³-hybridized carbons (Fsp3) is 0.300. The molecule has 1 aliphatic rings. The Labute approximate surface area is 147 Å². The van der Waals surface area contributed by atoms with Crippen LogP contribution in [-0.4, -0.2) is 35.1 Å². The third-order valence-corrected chi connectivity index (χ3v) is 4.56. The lowest BCUT2D eigenvalue weighted by molar-refractivity contribution is 0.0697. The first-order chi connectivity index (χ1) is 12.1. The Morgan fingerprint density at radius 2 is 1.80 bits per heavy atom. The van der Waals surface area contributed by atoms with E-state index in [1.54, 1.807) is 12.1 Å². The van der Waals surface area contributed by atoms with Gasteiger partial charge in [-0.15, -0.1) is 0 Å². The van der Waals surface area contributed by atoms with Gasteiger partial charge < -0.3 is 15.3 Å². The van der Waals surface area contributed by atoms with Crippen LogP contribution in [0, 0.1) is 5.92 Å². The molecule has 0 aromatic heterocycles. The number of carbonyl (C=O) groups excluding carboxylic acids is 1. The third kappa shape index (κ3) is 4.59. The standard InChI is InChI=1S/C20H22N2O3/c23-19(24)17-10-8-15(9-11-17)13-16-5-4-12-22(14-16)20(25)21-18-6-2-1-3-7-18/h1-3,6-11,16H,4-5,12-14H2,(H,21,25)(H,23,24)/t16-/m0/s1. The minimum atomic E-state index is -0.909. The van der Waals surface area contributed by atoms with Crippen LogP contribution in [0.1, 0.15) is 28.8 Å². The summed E-state index contributed by atoms with van der Waals surface area (Å²) in [6.45, 7) is 1.49. The van der Waals surface area contributed by atoms with E-state index in [1.807, 2.05) is 47.4 Å². The number of rotatable bonds is 4. The van der Waals surface area contributed by atoms with Crippen molar-refractivity contribution < 1.29 is 14.7 Å². The molecule has 1 atom stereocenters. The van der Waals surface area contributed by atoms with Gasteiger partial charge in [0.05, 0.1) is 5.56 Å². The molecule has 3 rings (SSSR count). The van der Waals surface area contributed by atoms with Gasteiger partial charge in [-0.25, -0.2) is 9.59 Å². The van der Waals surface area contributed by atoms with Crippen LogP contribution in [0.25, 0.3) is 0 Å². The van der Waals surface area contributed by atoms with Crippen LogP contribution < -0.4 is 5.32 Å². The largest absolute Gasteiger partial charge is 0.478 e. The summed E-state index contributed by atoms with van der Waals surface area (Å²) in [5.74, 6) is -0.515. The highest BCUT2D eigenvalue weighted by Gasteiger charge is 2.24. The molecule has 1 saturated heterocycles. The van der Waals surface area contributed by atoms with Gasteiger partial charge >= 0.3 is 12.0 Å². The van der Waals surface area contributed by atoms with E-state index in [-0.39, 0.29) is 6.03 Å². The van der Waals surface area contributed by atoms with Gasteiger partial charge in [-0.2, -0.15) is 0 Å². The number of benzene rings is 2. The maximum absolute atomic E-state index is 12.4. The Morgan fingerprint density at radius 1 is 1.08 bits per heavy atom. The first kappa shape index (κ1) is 17.0. The minimum Gasteiger partial charge on any atom is -0.478 e. The van der Waals surface area contributed by atoms with E-state index in [0.717, 1.165) is 43.6 Å². The maximum atomic E-state index is 12.4. The number of carboxylic acid groups (broad SMARTS) is 1. The van der Waals surface area contributed by atoms with Crippen molar-refractivity contribution in [2.45, 2.75) is 19.3 Å². The van der Waals surface area contributed by atoms with Crippen LogP contribution in [0.15, 0.2) is 54.6 Å². The lowest BCUT2D eigenvalue weighted by Crippen LogP contribution is -2.42. The quantitative estimate of drug-likeness (QED) is 0.889. The predicted molar refractivity (Wildman–Crippen MR) is 96.9 cm³/mol. The van der Waals surface area contributed by atoms with Crippen molar-refractivity contribution in [3.63, 3.8) is 0 Å². The van der Waals surface area contributed by atoms with E-state index in [9.17, 15) is 9.59 Å². The van der Waals surface area contributed by atoms with Crippen molar-refractivity contribution in [2.24, 2.45) is 5.92 Å². The number of likely N-dealkylation sites (tertiary alicyclic amines) is 1. The Bertz CT molecular complexity index is 728. The van der Waals surface area contributed by atoms with Gasteiger partial charge in [0, 0.05) is 18.8 Å². The van der Waals surface area contributed by atoms with Crippen LogP contribution in [0.5, 0.6) is 0 Å². The Balaban J connectivity index is 1.57. The molecule has 25 heavy (non-hydrogen) atoms. The molecule has 1 aliphatic heterocycles. The number of hydrogen-bond donors (Lipinski definition) is 2. The molecule has 1 heterocycles. The molecule has 0 aliphatic carbocycles. The molecule has 2 amide bonds. The summed E-state index contributed by atoms with van der Waals surface area (Å²) in [5, 5.41) is 11.9. The molecular formula is C20H22N2O3. The molecule has 2 N–H and O–H groups in total. The van der Waals surface area contributed by atoms with E-state index >= 15 is 0 Å². The zero-order valence-electron chi connectivity index (χ0n) is 14.0. The SMILES string of the molecule is O=C(O)c1ccc(C[C@@H]2CCCN(C(=O)Nc3ccccc3)C2)cc1. The van der Waals surface area contributed by atoms with Gasteiger partial charge in [0.25, 0.3) is 0 Å². The van der Waals surface area contributed by atoms with Crippen molar-refractivity contribution in [2.75, 3.05) is 18.4 Å². The first-order valence-electron chi connectivity index (χ1n) is 8.55. The number of urea groups is 1. The molecule has 0 saturated carbocycles. The zero-order valence-corrected chi connectivity index (χ0v) is 14.0. The topological polar surface area (TPSA) is 69.6 Å². The smallest absolute Gasteiger partial charge is 0.335 e. The number of nitrogens with one attached hydrogen (secondary N) is 1. The number of hydrogen-bond acceptors (Lipinski definition) is 2. The highest BCUT2D eigenvalue weighted by molar-refractivity contribution is 5.89. The summed E-state index contributed by atoms with van der Waals surface area (Å²) in [6.07, 6.45) is 2.92. The number of aromatic carboxylic acids is 1. The third-order valence-electron chi connectivity index (χ3n) is 4.56. The maximum Gasteiger partial charge on any atom is 0.335 e. The molecule has 2 aromatic rings. The second-order valence-corrected chi connectivity index (χ2v) is 6.46. The second-order valence-electron chi connectivity index (χ2n) is 6.46. The van der Waals surface area contributed by atoms with Crippen LogP contribution >= 0.6 is 0 Å². The van der Waals surface area contributed by atoms with E-state index in [2.05, 4.69) is 5.32 Å². The predicted octanol–water partition coefficient (Wildman–Crippen LogP) is 3.87. The van der Waals surface area contributed by atoms with Crippen LogP contribution in [-0.2, 0) is 6.42 Å². The fourth-order valence-electron chi connectivity index (χ4n) is 3.26. The minimum absolute atomic E-state index is 0.0582. The van der Waals surface area contributed by atoms with Crippen molar-refractivity contribution in [3.05, 3.63) is 65.7 Å². The molecule has 130 valence electrons. The van der Waals surface area contributed by atoms with E-state index in [0.29, 0.717) is 11.5 Å². The summed E-state index contributed by atoms with van der Waals surface area (Å²) in [6, 6.07) is 16.4. The Hall–Kier alpha value is -2.82. The fourth-order valence-corrected chi connectivity index (χ4v) is 3.26. The Kier molecular flexibility index (Phi) is 5.33. The van der Waals surface area contributed by atoms with Crippen molar-refractivity contribution in [1.29, 1.82) is 0 Å². The molecule has 5 heteroatoms. The monoisotopic (exact) mass is 338 g/mol. The van der Waals surface area contributed by atoms with E-state index in [4.69, 9.17) is 5.11 Å². The number of anilines is 1. The normalized spacial score (nSPS) is 17.1. The first-order valence-corrected chi connectivity index (χ1v) is 8.55. The number of carboxylic acids is 1. The number of amides is 2. The molecule has 5 nitrogen and oxygen atoms in total. The number of piperidine rings is 1. The molecule has 1 fully saturated rings. The average Bonchev–Trinajstić information content (AvgIpc) is 2.63. The second kappa shape index (κ2) is 7.83. The Morgan fingerprint density at radius 3 is 2.48 bits per heavy atom. The molecule has 0 radical (unpaired) electrons. The molecule has 2 aromatic carbocycles. The van der Waals surface area contributed by atoms with E-state index < -0.39 is 5.97 Å². The summed E-state index contributed by atoms with van der Waals surface area (Å²) in [5.41, 5.74) is 2.22. The molecule has 0 spiro atoms. The van der Waals surface area contributed by atoms with Crippen LogP contribution in [0.4, 0.5) is 10.5 Å². The number of para-hydroxylation sites is 1. The molecule has 0 bridgehead atoms. The lowest BCUT2D eigenvalue weighted by atomic mass is 9.91. The van der Waals surface area contributed by atoms with Crippen molar-refractivity contribution in [3.8, 4) is 0 Å². The van der Waals surface area contributed by atoms with Gasteiger partial charge in [-0.05, 0) is 55.0 Å².